The van der Waals surface area contributed by atoms with Crippen LogP contribution in [0, 0.1) is 0 Å². The van der Waals surface area contributed by atoms with Crippen LogP contribution in [-0.2, 0) is 14.3 Å². The van der Waals surface area contributed by atoms with Crippen molar-refractivity contribution in [3.8, 4) is 0 Å². The number of ether oxygens (including phenoxy) is 2. The van der Waals surface area contributed by atoms with Gasteiger partial charge < -0.3 is 14.8 Å². The van der Waals surface area contributed by atoms with E-state index < -0.39 is 5.54 Å². The SMILES string of the molecule is CCOC1CC(Nc2ccccc2Cl)(C(=O)OC)C1. The number of hydrogen-bond donors (Lipinski definition) is 1. The van der Waals surface area contributed by atoms with Crippen LogP contribution < -0.4 is 5.32 Å². The molecule has 0 amide bonds. The summed E-state index contributed by atoms with van der Waals surface area (Å²) < 4.78 is 10.4. The Hall–Kier alpha value is -1.26. The second kappa shape index (κ2) is 5.80. The topological polar surface area (TPSA) is 47.6 Å². The molecule has 1 aliphatic rings. The Bertz CT molecular complexity index is 458. The lowest BCUT2D eigenvalue weighted by Crippen LogP contribution is -2.59. The summed E-state index contributed by atoms with van der Waals surface area (Å²) in [5.74, 6) is -0.275. The largest absolute Gasteiger partial charge is 0.467 e. The van der Waals surface area contributed by atoms with Gasteiger partial charge >= 0.3 is 5.97 Å². The normalized spacial score (nSPS) is 25.5. The Labute approximate surface area is 118 Å². The van der Waals surface area contributed by atoms with E-state index in [0.29, 0.717) is 24.5 Å². The van der Waals surface area contributed by atoms with Crippen LogP contribution in [0.15, 0.2) is 24.3 Å². The van der Waals surface area contributed by atoms with E-state index in [1.807, 2.05) is 25.1 Å². The van der Waals surface area contributed by atoms with Crippen molar-refractivity contribution >= 4 is 23.3 Å². The minimum Gasteiger partial charge on any atom is -0.467 e. The van der Waals surface area contributed by atoms with Gasteiger partial charge in [0.15, 0.2) is 0 Å². The summed E-state index contributed by atoms with van der Waals surface area (Å²) in [7, 11) is 1.40. The number of anilines is 1. The lowest BCUT2D eigenvalue weighted by Gasteiger charge is -2.45. The van der Waals surface area contributed by atoms with Crippen LogP contribution in [-0.4, -0.2) is 31.3 Å². The molecular formula is C14H18ClNO3. The zero-order chi connectivity index (χ0) is 13.9. The van der Waals surface area contributed by atoms with E-state index in [1.54, 1.807) is 6.07 Å². The number of hydrogen-bond acceptors (Lipinski definition) is 4. The molecule has 0 spiro atoms. The van der Waals surface area contributed by atoms with Crippen LogP contribution in [0.2, 0.25) is 5.02 Å². The fourth-order valence-electron chi connectivity index (χ4n) is 2.41. The average Bonchev–Trinajstić information content (AvgIpc) is 2.37. The molecule has 1 aromatic carbocycles. The number of esters is 1. The number of nitrogens with one attached hydrogen (secondary N) is 1. The summed E-state index contributed by atoms with van der Waals surface area (Å²) in [6.45, 7) is 2.59. The lowest BCUT2D eigenvalue weighted by atomic mass is 9.74. The molecule has 4 nitrogen and oxygen atoms in total. The smallest absolute Gasteiger partial charge is 0.331 e. The molecule has 0 saturated heterocycles. The molecule has 19 heavy (non-hydrogen) atoms. The molecule has 1 aromatic rings. The average molecular weight is 284 g/mol. The van der Waals surface area contributed by atoms with Crippen molar-refractivity contribution in [2.45, 2.75) is 31.4 Å². The summed E-state index contributed by atoms with van der Waals surface area (Å²) in [5, 5.41) is 3.80. The van der Waals surface area contributed by atoms with Gasteiger partial charge in [0, 0.05) is 19.4 Å². The molecule has 1 aliphatic carbocycles. The molecule has 0 unspecified atom stereocenters. The molecule has 0 aromatic heterocycles. The quantitative estimate of drug-likeness (QED) is 0.844. The maximum atomic E-state index is 12.0. The van der Waals surface area contributed by atoms with Gasteiger partial charge in [-0.2, -0.15) is 0 Å². The van der Waals surface area contributed by atoms with E-state index in [-0.39, 0.29) is 12.1 Å². The van der Waals surface area contributed by atoms with Gasteiger partial charge in [-0.1, -0.05) is 23.7 Å². The van der Waals surface area contributed by atoms with Crippen LogP contribution in [0.4, 0.5) is 5.69 Å². The fraction of sp³-hybridized carbons (Fsp3) is 0.500. The number of methoxy groups -OCH3 is 1. The Morgan fingerprint density at radius 2 is 2.16 bits per heavy atom. The molecule has 0 atom stereocenters. The number of carbonyl (C=O) groups excluding carboxylic acids is 1. The van der Waals surface area contributed by atoms with E-state index >= 15 is 0 Å². The van der Waals surface area contributed by atoms with Crippen molar-refractivity contribution < 1.29 is 14.3 Å². The maximum absolute atomic E-state index is 12.0. The minimum atomic E-state index is -0.723. The highest BCUT2D eigenvalue weighted by molar-refractivity contribution is 6.33. The second-order valence-corrected chi connectivity index (χ2v) is 5.07. The van der Waals surface area contributed by atoms with Gasteiger partial charge in [-0.05, 0) is 19.1 Å². The highest BCUT2D eigenvalue weighted by Crippen LogP contribution is 2.40. The monoisotopic (exact) mass is 283 g/mol. The van der Waals surface area contributed by atoms with Crippen molar-refractivity contribution in [3.05, 3.63) is 29.3 Å². The van der Waals surface area contributed by atoms with Crippen molar-refractivity contribution in [2.75, 3.05) is 19.0 Å². The van der Waals surface area contributed by atoms with Gasteiger partial charge in [0.05, 0.1) is 23.9 Å². The maximum Gasteiger partial charge on any atom is 0.331 e. The molecule has 0 heterocycles. The molecule has 1 fully saturated rings. The van der Waals surface area contributed by atoms with E-state index in [1.165, 1.54) is 7.11 Å². The summed E-state index contributed by atoms with van der Waals surface area (Å²) in [6, 6.07) is 7.36. The first kappa shape index (κ1) is 14.2. The first-order valence-electron chi connectivity index (χ1n) is 6.34. The molecule has 5 heteroatoms. The zero-order valence-electron chi connectivity index (χ0n) is 11.1. The van der Waals surface area contributed by atoms with Gasteiger partial charge in [0.1, 0.15) is 5.54 Å². The molecule has 0 bridgehead atoms. The molecule has 2 rings (SSSR count). The zero-order valence-corrected chi connectivity index (χ0v) is 11.9. The molecule has 1 N–H and O–H groups in total. The summed E-state index contributed by atoms with van der Waals surface area (Å²) >= 11 is 6.11. The van der Waals surface area contributed by atoms with Crippen LogP contribution in [0.3, 0.4) is 0 Å². The van der Waals surface area contributed by atoms with Gasteiger partial charge in [0.25, 0.3) is 0 Å². The number of rotatable bonds is 5. The fourth-order valence-corrected chi connectivity index (χ4v) is 2.59. The summed E-state index contributed by atoms with van der Waals surface area (Å²) in [5.41, 5.74) is 0.0177. The van der Waals surface area contributed by atoms with Crippen molar-refractivity contribution in [3.63, 3.8) is 0 Å². The van der Waals surface area contributed by atoms with Crippen LogP contribution in [0.25, 0.3) is 0 Å². The Morgan fingerprint density at radius 1 is 1.47 bits per heavy atom. The van der Waals surface area contributed by atoms with E-state index in [4.69, 9.17) is 21.1 Å². The Kier molecular flexibility index (Phi) is 4.32. The lowest BCUT2D eigenvalue weighted by molar-refractivity contribution is -0.155. The standard InChI is InChI=1S/C14H18ClNO3/c1-3-19-10-8-14(9-10,13(17)18-2)16-12-7-5-4-6-11(12)15/h4-7,10,16H,3,8-9H2,1-2H3. The van der Waals surface area contributed by atoms with Crippen molar-refractivity contribution in [2.24, 2.45) is 0 Å². The highest BCUT2D eigenvalue weighted by atomic mass is 35.5. The van der Waals surface area contributed by atoms with Gasteiger partial charge in [-0.15, -0.1) is 0 Å². The third-order valence-corrected chi connectivity index (χ3v) is 3.71. The van der Waals surface area contributed by atoms with Gasteiger partial charge in [-0.3, -0.25) is 0 Å². The third-order valence-electron chi connectivity index (χ3n) is 3.38. The molecule has 0 radical (unpaired) electrons. The van der Waals surface area contributed by atoms with E-state index in [9.17, 15) is 4.79 Å². The first-order valence-corrected chi connectivity index (χ1v) is 6.72. The van der Waals surface area contributed by atoms with Crippen molar-refractivity contribution in [1.29, 1.82) is 0 Å². The first-order chi connectivity index (χ1) is 9.11. The third kappa shape index (κ3) is 2.85. The van der Waals surface area contributed by atoms with E-state index in [2.05, 4.69) is 5.32 Å². The Morgan fingerprint density at radius 3 is 2.74 bits per heavy atom. The number of benzene rings is 1. The minimum absolute atomic E-state index is 0.0964. The van der Waals surface area contributed by atoms with Gasteiger partial charge in [-0.25, -0.2) is 4.79 Å². The molecule has 104 valence electrons. The number of carbonyl (C=O) groups is 1. The van der Waals surface area contributed by atoms with Crippen LogP contribution in [0.1, 0.15) is 19.8 Å². The van der Waals surface area contributed by atoms with Crippen LogP contribution in [0.5, 0.6) is 0 Å². The number of para-hydroxylation sites is 1. The summed E-state index contributed by atoms with van der Waals surface area (Å²) in [6.07, 6.45) is 1.29. The summed E-state index contributed by atoms with van der Waals surface area (Å²) in [4.78, 5) is 12.0. The molecule has 1 saturated carbocycles. The highest BCUT2D eigenvalue weighted by Gasteiger charge is 2.52. The van der Waals surface area contributed by atoms with E-state index in [0.717, 1.165) is 5.69 Å². The molecular weight excluding hydrogens is 266 g/mol. The molecule has 0 aliphatic heterocycles. The number of halogens is 1. The van der Waals surface area contributed by atoms with Crippen molar-refractivity contribution in [1.82, 2.24) is 0 Å². The van der Waals surface area contributed by atoms with Gasteiger partial charge in [0.2, 0.25) is 0 Å². The predicted molar refractivity (Wildman–Crippen MR) is 74.5 cm³/mol. The predicted octanol–water partition coefficient (Wildman–Crippen LogP) is 2.86. The van der Waals surface area contributed by atoms with Crippen LogP contribution >= 0.6 is 11.6 Å². The second-order valence-electron chi connectivity index (χ2n) is 4.66. The Balaban J connectivity index is 2.13.